The summed E-state index contributed by atoms with van der Waals surface area (Å²) in [5.74, 6) is -5.70. The molecule has 5 N–H and O–H groups in total. The Balaban J connectivity index is 1.48. The molecule has 0 fully saturated rings. The Bertz CT molecular complexity index is 1900. The smallest absolute Gasteiger partial charge is 0.327 e. The van der Waals surface area contributed by atoms with Crippen LogP contribution in [0, 0.1) is 17.0 Å². The number of halogens is 2. The molecule has 0 bridgehead atoms. The lowest BCUT2D eigenvalue weighted by Gasteiger charge is -2.41. The molecule has 3 aromatic rings. The summed E-state index contributed by atoms with van der Waals surface area (Å²) in [5.41, 5.74) is 7.47. The number of imide groups is 1. The number of aliphatic carboxylic acids is 1. The maximum atomic E-state index is 15.1. The molecular formula is C39H46F2N6O7S. The van der Waals surface area contributed by atoms with Crippen LogP contribution in [0.4, 0.5) is 8.78 Å². The number of nitrogens with two attached hydrogens (primary N) is 1. The van der Waals surface area contributed by atoms with Gasteiger partial charge in [-0.05, 0) is 48.2 Å². The Morgan fingerprint density at radius 1 is 0.982 bits per heavy atom. The number of thioether (sulfide) groups is 1. The van der Waals surface area contributed by atoms with E-state index in [1.54, 1.807) is 17.2 Å². The predicted octanol–water partition coefficient (Wildman–Crippen LogP) is 3.48. The molecule has 2 unspecified atom stereocenters. The van der Waals surface area contributed by atoms with Gasteiger partial charge >= 0.3 is 5.97 Å². The van der Waals surface area contributed by atoms with E-state index in [0.29, 0.717) is 24.2 Å². The number of amides is 5. The van der Waals surface area contributed by atoms with Crippen molar-refractivity contribution in [3.8, 4) is 11.1 Å². The van der Waals surface area contributed by atoms with E-state index in [-0.39, 0.29) is 49.0 Å². The number of carbonyl (C=O) groups excluding carboxylic acids is 5. The van der Waals surface area contributed by atoms with Crippen molar-refractivity contribution in [3.05, 3.63) is 95.8 Å². The topological polar surface area (TPSA) is 184 Å². The van der Waals surface area contributed by atoms with Crippen LogP contribution in [-0.4, -0.2) is 98.7 Å². The molecule has 294 valence electrons. The standard InChI is InChI=1S/C39H46F2N6O7S/c1-39(2,3)37(31-18-26(28-19-27(40)10-11-29(28)41)21-45(31)20-25-8-5-4-6-9-25)46(17-7-15-42)36(52)24-55-23-30(38(53)54)44-32(48)14-16-43-33(49)22-47-34(50)12-13-35(47)51/h4-6,8-13,18-19,21,30,37H,7,14-17,20,22-24,42H2,1-3H3,(H,43,49)(H,44,48)(H,53,54). The van der Waals surface area contributed by atoms with E-state index in [1.807, 2.05) is 55.7 Å². The molecule has 4 rings (SSSR count). The van der Waals surface area contributed by atoms with Crippen LogP contribution in [0.15, 0.2) is 72.9 Å². The fraction of sp³-hybridized carbons (Fsp3) is 0.385. The lowest BCUT2D eigenvalue weighted by Crippen LogP contribution is -2.45. The number of carboxylic acids is 1. The Hall–Kier alpha value is -5.35. The molecule has 0 saturated carbocycles. The average Bonchev–Trinajstić information content (AvgIpc) is 3.67. The summed E-state index contributed by atoms with van der Waals surface area (Å²) in [6.07, 6.45) is 4.02. The third-order valence-electron chi connectivity index (χ3n) is 8.72. The molecule has 1 aliphatic heterocycles. The van der Waals surface area contributed by atoms with Crippen LogP contribution < -0.4 is 16.4 Å². The number of carbonyl (C=O) groups is 6. The minimum absolute atomic E-state index is 0.0767. The third kappa shape index (κ3) is 11.8. The zero-order chi connectivity index (χ0) is 40.3. The van der Waals surface area contributed by atoms with Gasteiger partial charge in [0.2, 0.25) is 17.7 Å². The fourth-order valence-electron chi connectivity index (χ4n) is 6.16. The van der Waals surface area contributed by atoms with Gasteiger partial charge in [0, 0.05) is 67.0 Å². The number of carboxylic acid groups (broad SMARTS) is 1. The molecule has 5 amide bonds. The molecule has 13 nitrogen and oxygen atoms in total. The minimum atomic E-state index is -1.35. The SMILES string of the molecule is CC(C)(C)C(c1cc(-c2cc(F)ccc2F)cn1Cc1ccccc1)N(CCCN)C(=O)CSCC(NC(=O)CCNC(=O)CN1C(=O)C=CC1=O)C(=O)O. The number of hydrogen-bond acceptors (Lipinski definition) is 8. The van der Waals surface area contributed by atoms with E-state index >= 15 is 4.39 Å². The van der Waals surface area contributed by atoms with Crippen LogP contribution >= 0.6 is 11.8 Å². The van der Waals surface area contributed by atoms with Crippen LogP contribution in [0.2, 0.25) is 0 Å². The van der Waals surface area contributed by atoms with Crippen LogP contribution in [0.3, 0.4) is 0 Å². The summed E-state index contributed by atoms with van der Waals surface area (Å²) >= 11 is 1.02. The highest BCUT2D eigenvalue weighted by molar-refractivity contribution is 8.00. The molecule has 0 aliphatic carbocycles. The van der Waals surface area contributed by atoms with Gasteiger partial charge < -0.3 is 30.9 Å². The van der Waals surface area contributed by atoms with Crippen molar-refractivity contribution < 1.29 is 42.7 Å². The van der Waals surface area contributed by atoms with Crippen LogP contribution in [0.5, 0.6) is 0 Å². The summed E-state index contributed by atoms with van der Waals surface area (Å²) in [6, 6.07) is 12.7. The van der Waals surface area contributed by atoms with Crippen molar-refractivity contribution in [1.29, 1.82) is 0 Å². The van der Waals surface area contributed by atoms with E-state index in [9.17, 15) is 38.3 Å². The Labute approximate surface area is 322 Å². The molecule has 0 spiro atoms. The minimum Gasteiger partial charge on any atom is -0.480 e. The van der Waals surface area contributed by atoms with E-state index in [1.165, 1.54) is 0 Å². The van der Waals surface area contributed by atoms with Crippen molar-refractivity contribution in [2.45, 2.75) is 52.2 Å². The van der Waals surface area contributed by atoms with Gasteiger partial charge in [0.25, 0.3) is 11.8 Å². The number of hydrogen-bond donors (Lipinski definition) is 4. The van der Waals surface area contributed by atoms with Gasteiger partial charge in [-0.3, -0.25) is 28.9 Å². The first kappa shape index (κ1) is 42.4. The Morgan fingerprint density at radius 2 is 1.67 bits per heavy atom. The van der Waals surface area contributed by atoms with Crippen LogP contribution in [0.25, 0.3) is 11.1 Å². The first-order valence-corrected chi connectivity index (χ1v) is 18.8. The zero-order valence-electron chi connectivity index (χ0n) is 30.9. The summed E-state index contributed by atoms with van der Waals surface area (Å²) in [4.78, 5) is 76.6. The fourth-order valence-corrected chi connectivity index (χ4v) is 7.08. The predicted molar refractivity (Wildman–Crippen MR) is 203 cm³/mol. The first-order valence-electron chi connectivity index (χ1n) is 17.7. The molecular weight excluding hydrogens is 735 g/mol. The van der Waals surface area contributed by atoms with Gasteiger partial charge in [-0.1, -0.05) is 51.1 Å². The number of nitrogens with zero attached hydrogens (tertiary/aromatic N) is 3. The van der Waals surface area contributed by atoms with Gasteiger partial charge in [-0.2, -0.15) is 0 Å². The summed E-state index contributed by atoms with van der Waals surface area (Å²) in [5, 5.41) is 14.7. The van der Waals surface area contributed by atoms with E-state index in [0.717, 1.165) is 52.6 Å². The maximum absolute atomic E-state index is 15.1. The molecule has 1 aromatic heterocycles. The quantitative estimate of drug-likeness (QED) is 0.132. The normalized spacial score (nSPS) is 13.8. The number of benzene rings is 2. The second-order valence-electron chi connectivity index (χ2n) is 14.1. The Kier molecular flexibility index (Phi) is 14.9. The molecule has 1 aliphatic rings. The zero-order valence-corrected chi connectivity index (χ0v) is 31.7. The molecule has 16 heteroatoms. The number of nitrogens with one attached hydrogen (secondary N) is 2. The lowest BCUT2D eigenvalue weighted by molar-refractivity contribution is -0.141. The van der Waals surface area contributed by atoms with Crippen LogP contribution in [0.1, 0.15) is 50.9 Å². The summed E-state index contributed by atoms with van der Waals surface area (Å²) in [6.45, 7) is 6.16. The highest BCUT2D eigenvalue weighted by Crippen LogP contribution is 2.41. The van der Waals surface area contributed by atoms with E-state index < -0.39 is 65.3 Å². The number of rotatable bonds is 19. The van der Waals surface area contributed by atoms with Gasteiger partial charge in [0.05, 0.1) is 11.8 Å². The van der Waals surface area contributed by atoms with E-state index in [4.69, 9.17) is 5.73 Å². The molecule has 0 saturated heterocycles. The van der Waals surface area contributed by atoms with Crippen molar-refractivity contribution >= 4 is 47.3 Å². The average molecular weight is 781 g/mol. The van der Waals surface area contributed by atoms with Gasteiger partial charge in [0.1, 0.15) is 24.2 Å². The van der Waals surface area contributed by atoms with Gasteiger partial charge in [-0.15, -0.1) is 11.8 Å². The van der Waals surface area contributed by atoms with Crippen LogP contribution in [-0.2, 0) is 35.3 Å². The van der Waals surface area contributed by atoms with Crippen molar-refractivity contribution in [2.75, 3.05) is 37.7 Å². The van der Waals surface area contributed by atoms with Gasteiger partial charge in [-0.25, -0.2) is 13.6 Å². The lowest BCUT2D eigenvalue weighted by atomic mass is 9.83. The molecule has 55 heavy (non-hydrogen) atoms. The highest BCUT2D eigenvalue weighted by atomic mass is 32.2. The molecule has 2 aromatic carbocycles. The first-order chi connectivity index (χ1) is 26.1. The van der Waals surface area contributed by atoms with Crippen molar-refractivity contribution in [1.82, 2.24) is 25.0 Å². The molecule has 2 heterocycles. The van der Waals surface area contributed by atoms with E-state index in [2.05, 4.69) is 10.6 Å². The second-order valence-corrected chi connectivity index (χ2v) is 15.1. The summed E-state index contributed by atoms with van der Waals surface area (Å²) < 4.78 is 31.3. The van der Waals surface area contributed by atoms with Crippen molar-refractivity contribution in [3.63, 3.8) is 0 Å². The van der Waals surface area contributed by atoms with Crippen molar-refractivity contribution in [2.24, 2.45) is 11.1 Å². The monoisotopic (exact) mass is 780 g/mol. The highest BCUT2D eigenvalue weighted by Gasteiger charge is 2.37. The Morgan fingerprint density at radius 3 is 2.31 bits per heavy atom. The second kappa shape index (κ2) is 19.3. The van der Waals surface area contributed by atoms with Gasteiger partial charge in [0.15, 0.2) is 0 Å². The third-order valence-corrected chi connectivity index (χ3v) is 9.74. The number of aromatic nitrogens is 1. The maximum Gasteiger partial charge on any atom is 0.327 e. The molecule has 0 radical (unpaired) electrons. The largest absolute Gasteiger partial charge is 0.480 e. The summed E-state index contributed by atoms with van der Waals surface area (Å²) in [7, 11) is 0. The molecule has 2 atom stereocenters.